The molecular weight excluding hydrogens is 396 g/mol. The smallest absolute Gasteiger partial charge is 0.293 e. The van der Waals surface area contributed by atoms with Crippen LogP contribution in [0.2, 0.25) is 0 Å². The lowest BCUT2D eigenvalue weighted by Crippen LogP contribution is -3.14. The van der Waals surface area contributed by atoms with E-state index in [-0.39, 0.29) is 17.6 Å². The monoisotopic (exact) mass is 425 g/mol. The Hall–Kier alpha value is -2.97. The average molecular weight is 426 g/mol. The summed E-state index contributed by atoms with van der Waals surface area (Å²) in [5.41, 5.74) is 2.88. The molecule has 1 atom stereocenters. The van der Waals surface area contributed by atoms with Crippen LogP contribution in [0.4, 0.5) is 11.4 Å². The van der Waals surface area contributed by atoms with Crippen molar-refractivity contribution in [2.45, 2.75) is 31.8 Å². The van der Waals surface area contributed by atoms with E-state index in [4.69, 9.17) is 4.74 Å². The number of hydrogen-bond donors (Lipinski definition) is 3. The summed E-state index contributed by atoms with van der Waals surface area (Å²) >= 11 is 0. The molecule has 8 heteroatoms. The fraction of sp³-hybridized carbons (Fsp3) is 0.435. The van der Waals surface area contributed by atoms with Gasteiger partial charge < -0.3 is 20.3 Å². The molecule has 0 bridgehead atoms. The number of nitro groups is 1. The molecule has 2 aromatic rings. The Morgan fingerprint density at radius 3 is 2.55 bits per heavy atom. The minimum absolute atomic E-state index is 0.0646. The molecule has 31 heavy (non-hydrogen) atoms. The number of carbonyl (C=O) groups excluding carboxylic acids is 1. The predicted octanol–water partition coefficient (Wildman–Crippen LogP) is 1.86. The fourth-order valence-corrected chi connectivity index (χ4v) is 3.84. The Labute approximate surface area is 181 Å². The van der Waals surface area contributed by atoms with Crippen LogP contribution in [-0.4, -0.2) is 49.7 Å². The Morgan fingerprint density at radius 1 is 1.19 bits per heavy atom. The molecule has 0 spiro atoms. The van der Waals surface area contributed by atoms with E-state index in [9.17, 15) is 14.9 Å². The molecule has 0 unspecified atom stereocenters. The van der Waals surface area contributed by atoms with Gasteiger partial charge >= 0.3 is 0 Å². The van der Waals surface area contributed by atoms with Crippen molar-refractivity contribution in [2.75, 3.05) is 38.2 Å². The molecule has 0 aromatic heterocycles. The summed E-state index contributed by atoms with van der Waals surface area (Å²) in [4.78, 5) is 25.6. The van der Waals surface area contributed by atoms with Gasteiger partial charge in [-0.3, -0.25) is 14.9 Å². The molecular formula is C23H29N4O4+. The van der Waals surface area contributed by atoms with Crippen molar-refractivity contribution in [3.8, 4) is 0 Å². The molecule has 1 saturated heterocycles. The molecule has 2 aromatic carbocycles. The second kappa shape index (κ2) is 9.45. The number of morpholine rings is 1. The van der Waals surface area contributed by atoms with Gasteiger partial charge in [0, 0.05) is 17.7 Å². The van der Waals surface area contributed by atoms with Gasteiger partial charge in [0.25, 0.3) is 11.6 Å². The molecule has 2 aliphatic rings. The third-order valence-electron chi connectivity index (χ3n) is 5.87. The first-order valence-electron chi connectivity index (χ1n) is 10.8. The van der Waals surface area contributed by atoms with Gasteiger partial charge in [0.2, 0.25) is 0 Å². The van der Waals surface area contributed by atoms with Crippen molar-refractivity contribution in [3.05, 3.63) is 69.3 Å². The number of amides is 1. The highest BCUT2D eigenvalue weighted by Gasteiger charge is 2.27. The van der Waals surface area contributed by atoms with Gasteiger partial charge in [-0.15, -0.1) is 0 Å². The second-order valence-electron chi connectivity index (χ2n) is 8.41. The first-order chi connectivity index (χ1) is 15.0. The molecule has 1 amide bonds. The Morgan fingerprint density at radius 2 is 1.90 bits per heavy atom. The number of nitrogens with one attached hydrogen (secondary N) is 3. The summed E-state index contributed by atoms with van der Waals surface area (Å²) < 4.78 is 5.45. The van der Waals surface area contributed by atoms with Gasteiger partial charge in [-0.1, -0.05) is 29.8 Å². The highest BCUT2D eigenvalue weighted by molar-refractivity contribution is 5.96. The zero-order valence-electron chi connectivity index (χ0n) is 17.7. The van der Waals surface area contributed by atoms with Crippen molar-refractivity contribution in [2.24, 2.45) is 0 Å². The van der Waals surface area contributed by atoms with E-state index in [2.05, 4.69) is 10.6 Å². The van der Waals surface area contributed by atoms with E-state index < -0.39 is 4.92 Å². The van der Waals surface area contributed by atoms with Crippen LogP contribution < -0.4 is 15.5 Å². The number of nitrogens with zero attached hydrogens (tertiary/aromatic N) is 1. The van der Waals surface area contributed by atoms with Gasteiger partial charge in [0.05, 0.1) is 18.1 Å². The van der Waals surface area contributed by atoms with Gasteiger partial charge in [0.15, 0.2) is 0 Å². The predicted molar refractivity (Wildman–Crippen MR) is 118 cm³/mol. The van der Waals surface area contributed by atoms with Crippen molar-refractivity contribution < 1.29 is 19.4 Å². The quantitative estimate of drug-likeness (QED) is 0.443. The van der Waals surface area contributed by atoms with Crippen molar-refractivity contribution >= 4 is 17.3 Å². The molecule has 1 aliphatic heterocycles. The number of anilines is 1. The standard InChI is InChI=1S/C23H28N4O4/c1-16-2-4-17(5-3-16)21(15-26-10-12-31-13-11-26)25-23(28)18-6-9-20(24-19-7-8-19)22(14-18)27(29)30/h2-6,9,14,19,21,24H,7-8,10-13,15H2,1H3,(H,25,28)/p+1/t21-/m0/s1. The lowest BCUT2D eigenvalue weighted by atomic mass is 10.0. The molecule has 0 radical (unpaired) electrons. The molecule has 2 fully saturated rings. The third kappa shape index (κ3) is 5.59. The molecule has 1 heterocycles. The Balaban J connectivity index is 1.53. The molecule has 3 N–H and O–H groups in total. The second-order valence-corrected chi connectivity index (χ2v) is 8.41. The number of quaternary nitrogens is 1. The number of benzene rings is 2. The summed E-state index contributed by atoms with van der Waals surface area (Å²) in [5, 5.41) is 17.8. The van der Waals surface area contributed by atoms with Gasteiger partial charge in [-0.2, -0.15) is 0 Å². The molecule has 1 aliphatic carbocycles. The normalized spacial score (nSPS) is 17.7. The average Bonchev–Trinajstić information content (AvgIpc) is 3.58. The number of ether oxygens (including phenoxy) is 1. The van der Waals surface area contributed by atoms with Crippen molar-refractivity contribution in [3.63, 3.8) is 0 Å². The zero-order chi connectivity index (χ0) is 21.8. The molecule has 1 saturated carbocycles. The van der Waals surface area contributed by atoms with Crippen LogP contribution in [0.5, 0.6) is 0 Å². The van der Waals surface area contributed by atoms with Crippen LogP contribution in [0, 0.1) is 17.0 Å². The lowest BCUT2D eigenvalue weighted by molar-refractivity contribution is -0.909. The maximum Gasteiger partial charge on any atom is 0.293 e. The van der Waals surface area contributed by atoms with Crippen LogP contribution in [0.1, 0.15) is 40.4 Å². The highest BCUT2D eigenvalue weighted by Crippen LogP contribution is 2.31. The Kier molecular flexibility index (Phi) is 6.48. The third-order valence-corrected chi connectivity index (χ3v) is 5.87. The number of hydrogen-bond acceptors (Lipinski definition) is 5. The molecule has 4 rings (SSSR count). The van der Waals surface area contributed by atoms with E-state index in [1.54, 1.807) is 12.1 Å². The fourth-order valence-electron chi connectivity index (χ4n) is 3.84. The zero-order valence-corrected chi connectivity index (χ0v) is 17.7. The van der Waals surface area contributed by atoms with Crippen LogP contribution in [0.15, 0.2) is 42.5 Å². The Bertz CT molecular complexity index is 937. The number of nitro benzene ring substituents is 1. The van der Waals surface area contributed by atoms with Crippen LogP contribution >= 0.6 is 0 Å². The largest absolute Gasteiger partial charge is 0.377 e. The summed E-state index contributed by atoms with van der Waals surface area (Å²) in [5.74, 6) is -0.306. The van der Waals surface area contributed by atoms with E-state index in [1.165, 1.54) is 11.0 Å². The molecule has 164 valence electrons. The summed E-state index contributed by atoms with van der Waals surface area (Å²) in [6, 6.07) is 12.9. The van der Waals surface area contributed by atoms with E-state index in [0.717, 1.165) is 43.6 Å². The van der Waals surface area contributed by atoms with Crippen LogP contribution in [0.25, 0.3) is 0 Å². The maximum atomic E-state index is 13.1. The van der Waals surface area contributed by atoms with Crippen molar-refractivity contribution in [1.29, 1.82) is 0 Å². The maximum absolute atomic E-state index is 13.1. The summed E-state index contributed by atoms with van der Waals surface area (Å²) in [7, 11) is 0. The first kappa shape index (κ1) is 21.3. The van der Waals surface area contributed by atoms with Gasteiger partial charge in [-0.25, -0.2) is 0 Å². The highest BCUT2D eigenvalue weighted by atomic mass is 16.6. The minimum Gasteiger partial charge on any atom is -0.377 e. The van der Waals surface area contributed by atoms with E-state index >= 15 is 0 Å². The number of rotatable bonds is 8. The van der Waals surface area contributed by atoms with Crippen LogP contribution in [-0.2, 0) is 4.74 Å². The van der Waals surface area contributed by atoms with Crippen LogP contribution in [0.3, 0.4) is 0 Å². The SMILES string of the molecule is Cc1ccc([C@H](C[NH+]2CCOCC2)NC(=O)c2ccc(NC3CC3)c([N+](=O)[O-])c2)cc1. The number of carbonyl (C=O) groups is 1. The van der Waals surface area contributed by atoms with Crippen molar-refractivity contribution in [1.82, 2.24) is 5.32 Å². The van der Waals surface area contributed by atoms with Gasteiger partial charge in [-0.05, 0) is 37.5 Å². The van der Waals surface area contributed by atoms with Gasteiger partial charge in [0.1, 0.15) is 31.4 Å². The minimum atomic E-state index is -0.434. The van der Waals surface area contributed by atoms with E-state index in [1.807, 2.05) is 31.2 Å². The number of aryl methyl sites for hydroxylation is 1. The lowest BCUT2D eigenvalue weighted by Gasteiger charge is -2.28. The molecule has 8 nitrogen and oxygen atoms in total. The topological polar surface area (TPSA) is 97.9 Å². The summed E-state index contributed by atoms with van der Waals surface area (Å²) in [6.45, 7) is 5.98. The van der Waals surface area contributed by atoms with E-state index in [0.29, 0.717) is 30.5 Å². The summed E-state index contributed by atoms with van der Waals surface area (Å²) in [6.07, 6.45) is 2.03. The first-order valence-corrected chi connectivity index (χ1v) is 10.8.